The van der Waals surface area contributed by atoms with Crippen LogP contribution in [0.4, 0.5) is 4.32 Å². The summed E-state index contributed by atoms with van der Waals surface area (Å²) >= 11 is 17.9. The summed E-state index contributed by atoms with van der Waals surface area (Å²) in [7, 11) is 20.6. The van der Waals surface area contributed by atoms with Crippen molar-refractivity contribution in [2.24, 2.45) is 0 Å². The van der Waals surface area contributed by atoms with Crippen molar-refractivity contribution in [3.8, 4) is 57.5 Å². The zero-order chi connectivity index (χ0) is 57.5. The van der Waals surface area contributed by atoms with Crippen LogP contribution < -0.4 is 18.9 Å². The molecule has 0 saturated carbocycles. The molecule has 0 aromatic heterocycles. The Morgan fingerprint density at radius 3 is 1.25 bits per heavy atom. The van der Waals surface area contributed by atoms with Gasteiger partial charge >= 0.3 is 7.56 Å². The fraction of sp³-hybridized carbons (Fsp3) is 0.464. The van der Waals surface area contributed by atoms with E-state index in [0.717, 1.165) is 99.7 Å². The Hall–Kier alpha value is -4.57. The molecule has 8 rings (SSSR count). The van der Waals surface area contributed by atoms with E-state index in [1.807, 2.05) is 50.1 Å². The molecule has 1 unspecified atom stereocenters. The van der Waals surface area contributed by atoms with Crippen LogP contribution in [0.5, 0.6) is 57.5 Å². The highest BCUT2D eigenvalue weighted by Gasteiger charge is 2.21. The van der Waals surface area contributed by atoms with E-state index in [1.165, 1.54) is 35.4 Å². The molecule has 1 saturated heterocycles. The topological polar surface area (TPSA) is 174 Å². The zero-order valence-corrected chi connectivity index (χ0v) is 50.8. The number of rotatable bonds is 15. The molecule has 5 aromatic rings. The van der Waals surface area contributed by atoms with Gasteiger partial charge in [0.25, 0.3) is 0 Å². The monoisotopic (exact) mass is 1240 g/mol. The second-order valence-electron chi connectivity index (χ2n) is 20.8. The van der Waals surface area contributed by atoms with Gasteiger partial charge in [0.05, 0.1) is 93.3 Å². The Balaban J connectivity index is 0.000000249. The predicted octanol–water partition coefficient (Wildman–Crippen LogP) is 10.5. The third kappa shape index (κ3) is 25.4. The molecule has 6 N–H and O–H groups in total. The summed E-state index contributed by atoms with van der Waals surface area (Å²) in [6.07, 6.45) is 3.93. The van der Waals surface area contributed by atoms with Crippen LogP contribution in [0.1, 0.15) is 46.2 Å². The number of halogens is 5. The molecular weight excluding hydrogens is 1170 g/mol. The van der Waals surface area contributed by atoms with Gasteiger partial charge in [-0.25, -0.2) is 0 Å². The molecule has 425 valence electrons. The molecule has 1 fully saturated rings. The van der Waals surface area contributed by atoms with Crippen molar-refractivity contribution >= 4 is 62.6 Å². The smallest absolute Gasteiger partial charge is 0.385 e. The minimum Gasteiger partial charge on any atom is -0.508 e. The third-order valence-electron chi connectivity index (χ3n) is 10.9. The van der Waals surface area contributed by atoms with Gasteiger partial charge in [-0.1, -0.05) is 0 Å². The molecular formula is C56H79BBr2Cl2FN4O11+2. The first kappa shape index (κ1) is 66.7. The van der Waals surface area contributed by atoms with Crippen LogP contribution in [0, 0.1) is 0 Å². The van der Waals surface area contributed by atoms with E-state index in [9.17, 15) is 24.7 Å². The summed E-state index contributed by atoms with van der Waals surface area (Å²) < 4.78 is 41.2. The maximum absolute atomic E-state index is 11.4. The van der Waals surface area contributed by atoms with Crippen LogP contribution in [0.2, 0.25) is 0 Å². The van der Waals surface area contributed by atoms with E-state index in [4.69, 9.17) is 57.1 Å². The fourth-order valence-corrected chi connectivity index (χ4v) is 8.59. The van der Waals surface area contributed by atoms with E-state index < -0.39 is 0 Å². The number of aromatic hydroxyl groups is 6. The van der Waals surface area contributed by atoms with Crippen LogP contribution in [0.15, 0.2) is 81.7 Å². The molecule has 5 aromatic carbocycles. The second-order valence-corrected chi connectivity index (χ2v) is 23.3. The largest absolute Gasteiger partial charge is 0.508 e. The zero-order valence-electron chi connectivity index (χ0n) is 46.1. The van der Waals surface area contributed by atoms with Gasteiger partial charge in [-0.05, 0) is 146 Å². The van der Waals surface area contributed by atoms with Crippen molar-refractivity contribution in [1.82, 2.24) is 9.80 Å². The molecule has 3 aliphatic rings. The number of nitrogens with zero attached hydrogens (tertiary/aromatic N) is 4. The maximum Gasteiger partial charge on any atom is 0.385 e. The molecule has 0 bridgehead atoms. The van der Waals surface area contributed by atoms with E-state index in [1.54, 1.807) is 24.3 Å². The Morgan fingerprint density at radius 2 is 0.948 bits per heavy atom. The summed E-state index contributed by atoms with van der Waals surface area (Å²) in [5.41, 5.74) is 5.65. The lowest BCUT2D eigenvalue weighted by Gasteiger charge is -2.26. The van der Waals surface area contributed by atoms with Gasteiger partial charge in [0.15, 0.2) is 0 Å². The van der Waals surface area contributed by atoms with Crippen LogP contribution in [0.3, 0.4) is 0 Å². The second kappa shape index (κ2) is 33.1. The highest BCUT2D eigenvalue weighted by atomic mass is 79.9. The van der Waals surface area contributed by atoms with Crippen molar-refractivity contribution in [1.29, 1.82) is 0 Å². The number of phenols is 6. The number of alkyl halides is 2. The number of ether oxygens (including phenoxy) is 5. The van der Waals surface area contributed by atoms with Gasteiger partial charge in [0, 0.05) is 54.8 Å². The molecule has 77 heavy (non-hydrogen) atoms. The van der Waals surface area contributed by atoms with Gasteiger partial charge in [0.2, 0.25) is 0 Å². The van der Waals surface area contributed by atoms with Crippen LogP contribution in [-0.4, -0.2) is 178 Å². The summed E-state index contributed by atoms with van der Waals surface area (Å²) in [6.45, 7) is 5.92. The van der Waals surface area contributed by atoms with Crippen molar-refractivity contribution < 1.29 is 67.6 Å². The molecule has 0 aliphatic carbocycles. The lowest BCUT2D eigenvalue weighted by Crippen LogP contribution is -2.34. The third-order valence-corrected chi connectivity index (χ3v) is 12.5. The summed E-state index contributed by atoms with van der Waals surface area (Å²) in [5.74, 6) is 5.85. The molecule has 15 nitrogen and oxygen atoms in total. The minimum absolute atomic E-state index is 0.169. The van der Waals surface area contributed by atoms with Crippen LogP contribution in [0.25, 0.3) is 0 Å². The van der Waals surface area contributed by atoms with E-state index >= 15 is 0 Å². The summed E-state index contributed by atoms with van der Waals surface area (Å²) in [5, 5.41) is 57.0. The van der Waals surface area contributed by atoms with E-state index in [-0.39, 0.29) is 40.5 Å². The molecule has 1 radical (unpaired) electrons. The van der Waals surface area contributed by atoms with Crippen molar-refractivity contribution in [2.75, 3.05) is 115 Å². The van der Waals surface area contributed by atoms with Gasteiger partial charge < -0.3 is 77.4 Å². The molecule has 3 heterocycles. The van der Waals surface area contributed by atoms with Gasteiger partial charge in [-0.15, -0.1) is 23.2 Å². The van der Waals surface area contributed by atoms with Crippen molar-refractivity contribution in [2.45, 2.75) is 57.9 Å². The first-order valence-electron chi connectivity index (χ1n) is 25.0. The Bertz CT molecular complexity index is 2380. The number of hydrogen-bond donors (Lipinski definition) is 6. The van der Waals surface area contributed by atoms with Crippen molar-refractivity contribution in [3.05, 3.63) is 115 Å². The predicted molar refractivity (Wildman–Crippen MR) is 313 cm³/mol. The number of hydrogen-bond acceptors (Lipinski definition) is 13. The van der Waals surface area contributed by atoms with Gasteiger partial charge in [0.1, 0.15) is 83.8 Å². The van der Waals surface area contributed by atoms with Gasteiger partial charge in [-0.2, -0.15) is 0 Å². The quantitative estimate of drug-likeness (QED) is 0.0253. The molecule has 1 atom stereocenters. The lowest BCUT2D eigenvalue weighted by atomic mass is 9.93. The average Bonchev–Trinajstić information content (AvgIpc) is 4.15. The minimum atomic E-state index is -0.194. The fourth-order valence-electron chi connectivity index (χ4n) is 7.57. The normalized spacial score (nSPS) is 14.0. The molecule has 21 heteroatoms. The Kier molecular flexibility index (Phi) is 28.7. The van der Waals surface area contributed by atoms with Gasteiger partial charge in [-0.3, -0.25) is 0 Å². The molecule has 0 spiro atoms. The highest BCUT2D eigenvalue weighted by Crippen LogP contribution is 2.37. The van der Waals surface area contributed by atoms with Crippen molar-refractivity contribution in [3.63, 3.8) is 0 Å². The summed E-state index contributed by atoms with van der Waals surface area (Å²) in [6, 6.07) is 20.1. The molecule has 3 aliphatic heterocycles. The Labute approximate surface area is 482 Å². The Morgan fingerprint density at radius 1 is 0.584 bits per heavy atom. The number of fused-ring (bicyclic) bond motifs is 2. The van der Waals surface area contributed by atoms with Crippen LogP contribution in [-0.2, 0) is 43.8 Å². The lowest BCUT2D eigenvalue weighted by molar-refractivity contribution is -0.884. The maximum atomic E-state index is 11.4. The number of quaternary nitrogens is 2. The van der Waals surface area contributed by atoms with Crippen LogP contribution >= 0.6 is 55.1 Å². The first-order chi connectivity index (χ1) is 36.2. The average molecular weight is 1240 g/mol. The number of phenolic OH excluding ortho intramolecular Hbond substituents is 6. The SMILES string of the molecule is CN(C)Cc1cc(O)c(CN(C)C)cc1O.C[N+](C)(C)Cc1cc(O)c(C[N+](C)(C)C)cc1O.ClCCOc1cc(Br)c(OCCCl)cc1Br.F[B]C1CCCO1.Oc1ccc(O)cc1.c1c2c(cc3c1OCC3)OCC2. The van der Waals surface area contributed by atoms with E-state index in [0.29, 0.717) is 67.7 Å². The standard InChI is InChI=1S/C14H24N2O2.C12H20N2O2.C10H10Br2Cl2O2.C10H10O2.C6H6O2.C4H7BFO/c1-15(2,3)9-11-7-14(18)12(8-13(11)17)10-16(4,5)6;1-13(2)7-9-5-12(16)10(6-11(9)15)8-14(3)4;11-7-6-10(16-4-2-14)8(12)5-9(7)15-3-1-13;1-3-11-9-6-8-2-4-12-10(8)5-7(1)9;7-5-1-2-6(8)4-3-5;6-5-4-2-1-3-7-4/h7-8H,9-10H2,1-6H3;5-6,15-16H,7-8H2,1-4H3;5-6H,1-4H2;5-6H,1-4H2;1-4,7-8H;4H,1-3H2/p+2. The highest BCUT2D eigenvalue weighted by molar-refractivity contribution is 9.11. The summed E-state index contributed by atoms with van der Waals surface area (Å²) in [4.78, 5) is 3.89. The van der Waals surface area contributed by atoms with E-state index in [2.05, 4.69) is 86.3 Å². The molecule has 0 amide bonds. The number of benzene rings is 5. The first-order valence-corrected chi connectivity index (χ1v) is 27.7.